The van der Waals surface area contributed by atoms with Gasteiger partial charge in [-0.3, -0.25) is 5.41 Å². The molecule has 2 aromatic carbocycles. The highest BCUT2D eigenvalue weighted by Crippen LogP contribution is 2.14. The first-order chi connectivity index (χ1) is 12.2. The summed E-state index contributed by atoms with van der Waals surface area (Å²) >= 11 is 0. The maximum Gasteiger partial charge on any atom is 0.240 e. The highest BCUT2D eigenvalue weighted by molar-refractivity contribution is 7.89. The lowest BCUT2D eigenvalue weighted by atomic mass is 10.2. The Hall–Kier alpha value is -2.49. The van der Waals surface area contributed by atoms with Gasteiger partial charge >= 0.3 is 0 Å². The highest BCUT2D eigenvalue weighted by Gasteiger charge is 2.17. The van der Waals surface area contributed by atoms with E-state index in [1.165, 1.54) is 19.1 Å². The largest absolute Gasteiger partial charge is 0.390 e. The summed E-state index contributed by atoms with van der Waals surface area (Å²) in [5.41, 5.74) is 6.99. The molecule has 7 nitrogen and oxygen atoms in total. The van der Waals surface area contributed by atoms with Crippen LogP contribution in [0.25, 0.3) is 0 Å². The predicted molar refractivity (Wildman–Crippen MR) is 98.3 cm³/mol. The molecular weight excluding hydrogens is 359 g/mol. The van der Waals surface area contributed by atoms with Crippen molar-refractivity contribution in [3.05, 3.63) is 59.4 Å². The molecule has 0 amide bonds. The molecule has 0 aliphatic heterocycles. The maximum absolute atomic E-state index is 13.5. The molecule has 0 radical (unpaired) electrons. The number of aryl methyl sites for hydroxylation is 1. The van der Waals surface area contributed by atoms with E-state index < -0.39 is 21.9 Å². The zero-order valence-corrected chi connectivity index (χ0v) is 15.0. The summed E-state index contributed by atoms with van der Waals surface area (Å²) in [4.78, 5) is -0.194. The average molecular weight is 380 g/mol. The first-order valence-corrected chi connectivity index (χ1v) is 9.29. The van der Waals surface area contributed by atoms with Gasteiger partial charge in [-0.15, -0.1) is 0 Å². The summed E-state index contributed by atoms with van der Waals surface area (Å²) in [5.74, 6) is -0.650. The molecule has 0 fully saturated rings. The van der Waals surface area contributed by atoms with E-state index in [0.717, 1.165) is 6.07 Å². The molecule has 1 unspecified atom stereocenters. The van der Waals surface area contributed by atoms with Crippen LogP contribution in [0.15, 0.2) is 47.4 Å². The van der Waals surface area contributed by atoms with Crippen molar-refractivity contribution in [2.24, 2.45) is 5.73 Å². The van der Waals surface area contributed by atoms with E-state index >= 15 is 0 Å². The second kappa shape index (κ2) is 8.26. The van der Waals surface area contributed by atoms with Gasteiger partial charge in [0, 0.05) is 24.3 Å². The van der Waals surface area contributed by atoms with E-state index in [9.17, 15) is 17.9 Å². The molecule has 0 aromatic heterocycles. The number of anilines is 1. The SMILES string of the molecule is Cc1ccc(S(=O)(=O)NCC(O)CNc2ccc(C(=N)N)cc2)cc1F. The van der Waals surface area contributed by atoms with E-state index in [1.54, 1.807) is 24.3 Å². The Kier molecular flexibility index (Phi) is 6.30. The van der Waals surface area contributed by atoms with Crippen molar-refractivity contribution in [2.45, 2.75) is 17.9 Å². The van der Waals surface area contributed by atoms with Crippen molar-refractivity contribution < 1.29 is 17.9 Å². The van der Waals surface area contributed by atoms with Crippen molar-refractivity contribution in [3.63, 3.8) is 0 Å². The van der Waals surface area contributed by atoms with Crippen LogP contribution >= 0.6 is 0 Å². The van der Waals surface area contributed by atoms with Crippen LogP contribution in [0.1, 0.15) is 11.1 Å². The van der Waals surface area contributed by atoms with E-state index in [2.05, 4.69) is 10.0 Å². The molecule has 0 bridgehead atoms. The molecule has 0 spiro atoms. The van der Waals surface area contributed by atoms with Crippen LogP contribution in [0.2, 0.25) is 0 Å². The fraction of sp³-hybridized carbons (Fsp3) is 0.235. The minimum atomic E-state index is -3.91. The number of benzene rings is 2. The van der Waals surface area contributed by atoms with Gasteiger partial charge in [-0.25, -0.2) is 17.5 Å². The number of nitrogens with two attached hydrogens (primary N) is 1. The summed E-state index contributed by atoms with van der Waals surface area (Å²) in [6.45, 7) is 1.41. The fourth-order valence-electron chi connectivity index (χ4n) is 2.11. The van der Waals surface area contributed by atoms with Crippen LogP contribution in [0, 0.1) is 18.2 Å². The number of nitrogens with one attached hydrogen (secondary N) is 3. The summed E-state index contributed by atoms with van der Waals surface area (Å²) in [6, 6.07) is 10.3. The fourth-order valence-corrected chi connectivity index (χ4v) is 3.19. The Morgan fingerprint density at radius 2 is 1.88 bits per heavy atom. The quantitative estimate of drug-likeness (QED) is 0.347. The molecule has 9 heteroatoms. The second-order valence-corrected chi connectivity index (χ2v) is 7.56. The van der Waals surface area contributed by atoms with Crippen LogP contribution in [0.5, 0.6) is 0 Å². The topological polar surface area (TPSA) is 128 Å². The number of hydrogen-bond donors (Lipinski definition) is 5. The number of amidine groups is 1. The number of halogens is 1. The second-order valence-electron chi connectivity index (χ2n) is 5.79. The molecule has 0 saturated carbocycles. The number of nitrogen functional groups attached to an aromatic ring is 1. The van der Waals surface area contributed by atoms with Crippen molar-refractivity contribution in [1.29, 1.82) is 5.41 Å². The third-order valence-corrected chi connectivity index (χ3v) is 5.12. The minimum Gasteiger partial charge on any atom is -0.390 e. The molecule has 140 valence electrons. The molecule has 2 rings (SSSR count). The summed E-state index contributed by atoms with van der Waals surface area (Å²) < 4.78 is 40.0. The number of sulfonamides is 1. The van der Waals surface area contributed by atoms with Crippen molar-refractivity contribution in [1.82, 2.24) is 4.72 Å². The van der Waals surface area contributed by atoms with Crippen LogP contribution < -0.4 is 15.8 Å². The number of hydrogen-bond acceptors (Lipinski definition) is 5. The Bertz CT molecular complexity index is 885. The van der Waals surface area contributed by atoms with Crippen LogP contribution in [0.3, 0.4) is 0 Å². The third kappa shape index (κ3) is 5.25. The van der Waals surface area contributed by atoms with Gasteiger partial charge in [0.15, 0.2) is 0 Å². The standard InChI is InChI=1S/C17H21FN4O3S/c1-11-2-7-15(8-16(11)18)26(24,25)22-10-14(23)9-21-13-5-3-12(4-6-13)17(19)20/h2-8,14,21-23H,9-10H2,1H3,(H3,19,20). The molecule has 0 aliphatic rings. The zero-order valence-electron chi connectivity index (χ0n) is 14.2. The Balaban J connectivity index is 1.88. The van der Waals surface area contributed by atoms with E-state index in [4.69, 9.17) is 11.1 Å². The molecule has 2 aromatic rings. The molecule has 6 N–H and O–H groups in total. The Morgan fingerprint density at radius 1 is 1.23 bits per heavy atom. The van der Waals surface area contributed by atoms with Crippen LogP contribution in [-0.2, 0) is 10.0 Å². The Labute approximate surface area is 151 Å². The average Bonchev–Trinajstić information content (AvgIpc) is 2.60. The summed E-state index contributed by atoms with van der Waals surface area (Å²) in [5, 5.41) is 20.2. The predicted octanol–water partition coefficient (Wildman–Crippen LogP) is 1.17. The van der Waals surface area contributed by atoms with Crippen molar-refractivity contribution in [3.8, 4) is 0 Å². The van der Waals surface area contributed by atoms with E-state index in [1.807, 2.05) is 0 Å². The molecule has 26 heavy (non-hydrogen) atoms. The molecular formula is C17H21FN4O3S. The molecule has 0 heterocycles. The highest BCUT2D eigenvalue weighted by atomic mass is 32.2. The van der Waals surface area contributed by atoms with Gasteiger partial charge in [0.25, 0.3) is 0 Å². The summed E-state index contributed by atoms with van der Waals surface area (Å²) in [7, 11) is -3.91. The van der Waals surface area contributed by atoms with E-state index in [-0.39, 0.29) is 23.8 Å². The Morgan fingerprint density at radius 3 is 2.46 bits per heavy atom. The van der Waals surface area contributed by atoms with Crippen LogP contribution in [-0.4, -0.2) is 38.6 Å². The van der Waals surface area contributed by atoms with Crippen LogP contribution in [0.4, 0.5) is 10.1 Å². The zero-order chi connectivity index (χ0) is 19.3. The number of aliphatic hydroxyl groups is 1. The van der Waals surface area contributed by atoms with E-state index in [0.29, 0.717) is 16.8 Å². The van der Waals surface area contributed by atoms with Crippen molar-refractivity contribution >= 4 is 21.5 Å². The maximum atomic E-state index is 13.5. The van der Waals surface area contributed by atoms with Gasteiger partial charge in [-0.1, -0.05) is 6.07 Å². The van der Waals surface area contributed by atoms with Crippen molar-refractivity contribution in [2.75, 3.05) is 18.4 Å². The number of aliphatic hydroxyl groups excluding tert-OH is 1. The van der Waals surface area contributed by atoms with Gasteiger partial charge in [-0.2, -0.15) is 0 Å². The van der Waals surface area contributed by atoms with Gasteiger partial charge in [0.2, 0.25) is 10.0 Å². The van der Waals surface area contributed by atoms with Gasteiger partial charge in [0.1, 0.15) is 11.7 Å². The first kappa shape index (κ1) is 19.8. The van der Waals surface area contributed by atoms with Gasteiger partial charge < -0.3 is 16.2 Å². The first-order valence-electron chi connectivity index (χ1n) is 7.81. The monoisotopic (exact) mass is 380 g/mol. The normalized spacial score (nSPS) is 12.6. The summed E-state index contributed by atoms with van der Waals surface area (Å²) in [6.07, 6.45) is -0.993. The lowest BCUT2D eigenvalue weighted by Gasteiger charge is -2.14. The smallest absolute Gasteiger partial charge is 0.240 e. The lowest BCUT2D eigenvalue weighted by molar-refractivity contribution is 0.191. The third-order valence-electron chi connectivity index (χ3n) is 3.70. The van der Waals surface area contributed by atoms with Gasteiger partial charge in [0.05, 0.1) is 11.0 Å². The lowest BCUT2D eigenvalue weighted by Crippen LogP contribution is -2.35. The molecule has 0 saturated heterocycles. The minimum absolute atomic E-state index is 0.0430. The number of rotatable bonds is 8. The molecule has 1 atom stereocenters. The van der Waals surface area contributed by atoms with Gasteiger partial charge in [-0.05, 0) is 48.9 Å². The molecule has 0 aliphatic carbocycles.